The number of hydrogen-bond donors (Lipinski definition) is 2. The summed E-state index contributed by atoms with van der Waals surface area (Å²) in [5.41, 5.74) is 3.97. The van der Waals surface area contributed by atoms with Gasteiger partial charge < -0.3 is 4.98 Å². The smallest absolute Gasteiger partial charge is 0.250 e. The first-order valence-electron chi connectivity index (χ1n) is 8.33. The number of aromatic amines is 2. The second-order valence-corrected chi connectivity index (χ2v) is 7.04. The monoisotopic (exact) mass is 371 g/mol. The Labute approximate surface area is 157 Å². The predicted octanol–water partition coefficient (Wildman–Crippen LogP) is 4.10. The van der Waals surface area contributed by atoms with E-state index in [1.165, 1.54) is 0 Å². The van der Waals surface area contributed by atoms with E-state index < -0.39 is 0 Å². The first-order chi connectivity index (χ1) is 13.3. The minimum absolute atomic E-state index is 0.181. The van der Waals surface area contributed by atoms with Gasteiger partial charge in [0.25, 0.3) is 0 Å². The molecular formula is C20H13N5OS. The van der Waals surface area contributed by atoms with Crippen LogP contribution in [0.3, 0.4) is 0 Å². The Morgan fingerprint density at radius 1 is 0.963 bits per heavy atom. The molecule has 0 radical (unpaired) electrons. The summed E-state index contributed by atoms with van der Waals surface area (Å²) in [7, 11) is 0. The van der Waals surface area contributed by atoms with Gasteiger partial charge in [-0.05, 0) is 17.7 Å². The molecule has 0 saturated carbocycles. The van der Waals surface area contributed by atoms with Gasteiger partial charge in [-0.3, -0.25) is 14.9 Å². The number of thiazole rings is 1. The highest BCUT2D eigenvalue weighted by Crippen LogP contribution is 2.37. The van der Waals surface area contributed by atoms with Gasteiger partial charge in [0.1, 0.15) is 5.01 Å². The van der Waals surface area contributed by atoms with Crippen molar-refractivity contribution in [1.29, 1.82) is 0 Å². The number of hydrogen-bond acceptors (Lipinski definition) is 5. The van der Waals surface area contributed by atoms with Crippen LogP contribution in [0, 0.1) is 0 Å². The fourth-order valence-corrected chi connectivity index (χ4v) is 3.99. The third kappa shape index (κ3) is 2.74. The lowest BCUT2D eigenvalue weighted by atomic mass is 10.0. The third-order valence-electron chi connectivity index (χ3n) is 4.30. The van der Waals surface area contributed by atoms with Gasteiger partial charge in [0.2, 0.25) is 5.56 Å². The van der Waals surface area contributed by atoms with E-state index in [4.69, 9.17) is 0 Å². The molecule has 6 nitrogen and oxygen atoms in total. The van der Waals surface area contributed by atoms with Crippen molar-refractivity contribution in [3.8, 4) is 32.3 Å². The molecule has 5 aromatic rings. The highest BCUT2D eigenvalue weighted by Gasteiger charge is 2.17. The maximum absolute atomic E-state index is 12.1. The highest BCUT2D eigenvalue weighted by molar-refractivity contribution is 7.18. The van der Waals surface area contributed by atoms with Crippen LogP contribution in [0.25, 0.3) is 43.3 Å². The van der Waals surface area contributed by atoms with Gasteiger partial charge >= 0.3 is 0 Å². The Bertz CT molecular complexity index is 1290. The molecule has 5 rings (SSSR count). The summed E-state index contributed by atoms with van der Waals surface area (Å²) in [4.78, 5) is 24.5. The summed E-state index contributed by atoms with van der Waals surface area (Å²) in [6.07, 6.45) is 5.35. The molecule has 7 heteroatoms. The molecule has 0 spiro atoms. The van der Waals surface area contributed by atoms with Crippen molar-refractivity contribution < 1.29 is 0 Å². The predicted molar refractivity (Wildman–Crippen MR) is 106 cm³/mol. The van der Waals surface area contributed by atoms with Gasteiger partial charge in [-0.15, -0.1) is 11.3 Å². The van der Waals surface area contributed by atoms with E-state index in [9.17, 15) is 4.79 Å². The highest BCUT2D eigenvalue weighted by atomic mass is 32.1. The van der Waals surface area contributed by atoms with Crippen LogP contribution in [0.5, 0.6) is 0 Å². The van der Waals surface area contributed by atoms with Crippen molar-refractivity contribution in [1.82, 2.24) is 25.1 Å². The zero-order valence-corrected chi connectivity index (χ0v) is 14.8. The number of benzene rings is 1. The van der Waals surface area contributed by atoms with Crippen LogP contribution in [-0.4, -0.2) is 25.1 Å². The van der Waals surface area contributed by atoms with Crippen LogP contribution in [0.4, 0.5) is 0 Å². The van der Waals surface area contributed by atoms with Gasteiger partial charge in [-0.2, -0.15) is 5.10 Å². The molecule has 2 N–H and O–H groups in total. The van der Waals surface area contributed by atoms with E-state index in [0.29, 0.717) is 5.65 Å². The molecule has 4 heterocycles. The van der Waals surface area contributed by atoms with Crippen LogP contribution in [0.15, 0.2) is 71.9 Å². The van der Waals surface area contributed by atoms with Gasteiger partial charge in [0, 0.05) is 35.8 Å². The lowest BCUT2D eigenvalue weighted by Gasteiger charge is -2.04. The third-order valence-corrected chi connectivity index (χ3v) is 5.36. The number of rotatable bonds is 3. The van der Waals surface area contributed by atoms with Crippen LogP contribution in [-0.2, 0) is 0 Å². The Morgan fingerprint density at radius 2 is 1.81 bits per heavy atom. The van der Waals surface area contributed by atoms with Crippen LogP contribution in [0.2, 0.25) is 0 Å². The minimum atomic E-state index is -0.181. The Balaban J connectivity index is 1.71. The minimum Gasteiger partial charge on any atom is -0.305 e. The summed E-state index contributed by atoms with van der Waals surface area (Å²) < 4.78 is 0. The van der Waals surface area contributed by atoms with Crippen LogP contribution < -0.4 is 5.56 Å². The molecule has 0 atom stereocenters. The molecule has 0 unspecified atom stereocenters. The summed E-state index contributed by atoms with van der Waals surface area (Å²) in [5.74, 6) is 0. The lowest BCUT2D eigenvalue weighted by molar-refractivity contribution is 1.10. The second kappa shape index (κ2) is 6.30. The zero-order valence-electron chi connectivity index (χ0n) is 14.0. The van der Waals surface area contributed by atoms with Crippen molar-refractivity contribution in [3.05, 3.63) is 77.5 Å². The standard InChI is InChI=1S/C20H13N5OS/c26-16-9-14(12-5-2-1-3-6-12)17-18(24-25-19(17)23-16)15-11-22-20(27-15)13-7-4-8-21-10-13/h1-11H,(H2,23,24,25,26). The molecular weight excluding hydrogens is 358 g/mol. The largest absolute Gasteiger partial charge is 0.305 e. The average molecular weight is 371 g/mol. The average Bonchev–Trinajstić information content (AvgIpc) is 3.35. The van der Waals surface area contributed by atoms with Crippen molar-refractivity contribution in [2.24, 2.45) is 0 Å². The first-order valence-corrected chi connectivity index (χ1v) is 9.15. The Hall–Kier alpha value is -3.58. The number of pyridine rings is 2. The molecule has 0 bridgehead atoms. The van der Waals surface area contributed by atoms with E-state index >= 15 is 0 Å². The first kappa shape index (κ1) is 15.7. The second-order valence-electron chi connectivity index (χ2n) is 6.01. The lowest BCUT2D eigenvalue weighted by Crippen LogP contribution is -2.04. The van der Waals surface area contributed by atoms with Gasteiger partial charge in [0.15, 0.2) is 5.65 Å². The number of nitrogens with zero attached hydrogens (tertiary/aromatic N) is 3. The van der Waals surface area contributed by atoms with Gasteiger partial charge in [-0.25, -0.2) is 4.98 Å². The van der Waals surface area contributed by atoms with Crippen molar-refractivity contribution in [2.45, 2.75) is 0 Å². The normalized spacial score (nSPS) is 11.1. The van der Waals surface area contributed by atoms with E-state index in [1.807, 2.05) is 48.7 Å². The molecule has 0 aliphatic carbocycles. The molecule has 27 heavy (non-hydrogen) atoms. The van der Waals surface area contributed by atoms with Crippen molar-refractivity contribution in [2.75, 3.05) is 0 Å². The molecule has 0 fully saturated rings. The zero-order chi connectivity index (χ0) is 18.2. The maximum Gasteiger partial charge on any atom is 0.250 e. The summed E-state index contributed by atoms with van der Waals surface area (Å²) >= 11 is 1.55. The molecule has 0 saturated heterocycles. The van der Waals surface area contributed by atoms with E-state index in [0.717, 1.165) is 37.7 Å². The number of aromatic nitrogens is 5. The number of fused-ring (bicyclic) bond motifs is 1. The topological polar surface area (TPSA) is 87.3 Å². The van der Waals surface area contributed by atoms with Crippen molar-refractivity contribution in [3.63, 3.8) is 0 Å². The Kier molecular flexibility index (Phi) is 3.65. The van der Waals surface area contributed by atoms with E-state index in [2.05, 4.69) is 25.1 Å². The fraction of sp³-hybridized carbons (Fsp3) is 0. The SMILES string of the molecule is O=c1cc(-c2ccccc2)c2c(-c3cnc(-c4cccnc4)s3)[nH]nc2[nH]1. The quantitative estimate of drug-likeness (QED) is 0.500. The fourth-order valence-electron chi connectivity index (χ4n) is 3.09. The summed E-state index contributed by atoms with van der Waals surface area (Å²) in [6.45, 7) is 0. The molecule has 0 amide bonds. The molecule has 0 aliphatic rings. The van der Waals surface area contributed by atoms with E-state index in [1.54, 1.807) is 29.8 Å². The Morgan fingerprint density at radius 3 is 2.63 bits per heavy atom. The summed E-state index contributed by atoms with van der Waals surface area (Å²) in [6, 6.07) is 15.3. The molecule has 0 aliphatic heterocycles. The van der Waals surface area contributed by atoms with E-state index in [-0.39, 0.29) is 5.56 Å². The molecule has 1 aromatic carbocycles. The van der Waals surface area contributed by atoms with Crippen LogP contribution in [0.1, 0.15) is 0 Å². The van der Waals surface area contributed by atoms with Gasteiger partial charge in [-0.1, -0.05) is 30.3 Å². The van der Waals surface area contributed by atoms with Crippen molar-refractivity contribution >= 4 is 22.4 Å². The molecule has 4 aromatic heterocycles. The van der Waals surface area contributed by atoms with Gasteiger partial charge in [0.05, 0.1) is 16.0 Å². The maximum atomic E-state index is 12.1. The number of nitrogens with one attached hydrogen (secondary N) is 2. The summed E-state index contributed by atoms with van der Waals surface area (Å²) in [5, 5.41) is 9.13. The number of H-pyrrole nitrogens is 2. The molecule has 130 valence electrons. The van der Waals surface area contributed by atoms with Crippen LogP contribution >= 0.6 is 11.3 Å².